The summed E-state index contributed by atoms with van der Waals surface area (Å²) in [5.41, 5.74) is 0. The highest BCUT2D eigenvalue weighted by atomic mass is 35.7. The van der Waals surface area contributed by atoms with Crippen molar-refractivity contribution in [2.24, 2.45) is 0 Å². The standard InChI is InChI=1S/C7H18ClN2O2P/c1-6(2)10(7(3)4)9-13(8,11)12-5/h6-7H,1-5H3,(H,9,11). The first kappa shape index (κ1) is 13.4. The lowest BCUT2D eigenvalue weighted by atomic mass is 10.3. The van der Waals surface area contributed by atoms with Crippen LogP contribution < -0.4 is 5.20 Å². The molecule has 0 aliphatic heterocycles. The third kappa shape index (κ3) is 4.99. The highest BCUT2D eigenvalue weighted by Gasteiger charge is 2.24. The SMILES string of the molecule is COP(=O)(Cl)NN(C(C)C)C(C)C. The largest absolute Gasteiger partial charge is 0.373 e. The Balaban J connectivity index is 4.35. The van der Waals surface area contributed by atoms with E-state index >= 15 is 0 Å². The number of halogens is 1. The van der Waals surface area contributed by atoms with E-state index in [1.807, 2.05) is 27.7 Å². The zero-order chi connectivity index (χ0) is 10.6. The summed E-state index contributed by atoms with van der Waals surface area (Å²) in [7, 11) is 1.32. The highest BCUT2D eigenvalue weighted by Crippen LogP contribution is 2.47. The molecule has 0 radical (unpaired) electrons. The summed E-state index contributed by atoms with van der Waals surface area (Å²) < 4.78 is 16.0. The Morgan fingerprint density at radius 3 is 1.92 bits per heavy atom. The van der Waals surface area contributed by atoms with E-state index < -0.39 is 6.87 Å². The molecule has 4 nitrogen and oxygen atoms in total. The number of nitrogens with zero attached hydrogens (tertiary/aromatic N) is 1. The summed E-state index contributed by atoms with van der Waals surface area (Å²) in [6, 6.07) is 0.421. The Hall–Kier alpha value is 0.400. The van der Waals surface area contributed by atoms with Crippen LogP contribution in [0.2, 0.25) is 0 Å². The maximum atomic E-state index is 11.4. The second-order valence-electron chi connectivity index (χ2n) is 3.36. The van der Waals surface area contributed by atoms with Crippen molar-refractivity contribution in [3.05, 3.63) is 0 Å². The van der Waals surface area contributed by atoms with Crippen molar-refractivity contribution in [3.63, 3.8) is 0 Å². The third-order valence-corrected chi connectivity index (χ3v) is 3.16. The minimum atomic E-state index is -3.19. The second-order valence-corrected chi connectivity index (χ2v) is 6.22. The smallest absolute Gasteiger partial charge is 0.309 e. The van der Waals surface area contributed by atoms with Crippen molar-refractivity contribution >= 4 is 18.1 Å². The Kier molecular flexibility index (Phi) is 5.49. The molecule has 0 saturated heterocycles. The van der Waals surface area contributed by atoms with Crippen LogP contribution in [0.4, 0.5) is 0 Å². The summed E-state index contributed by atoms with van der Waals surface area (Å²) in [4.78, 5) is 0. The van der Waals surface area contributed by atoms with E-state index in [9.17, 15) is 4.57 Å². The van der Waals surface area contributed by atoms with Crippen molar-refractivity contribution in [1.29, 1.82) is 0 Å². The average Bonchev–Trinajstić information content (AvgIpc) is 1.99. The van der Waals surface area contributed by atoms with Crippen molar-refractivity contribution in [1.82, 2.24) is 10.2 Å². The molecule has 0 aliphatic rings. The van der Waals surface area contributed by atoms with Gasteiger partial charge in [-0.1, -0.05) is 0 Å². The Labute approximate surface area is 84.9 Å². The van der Waals surface area contributed by atoms with E-state index in [1.54, 1.807) is 5.01 Å². The van der Waals surface area contributed by atoms with Crippen LogP contribution in [0.5, 0.6) is 0 Å². The van der Waals surface area contributed by atoms with Crippen molar-refractivity contribution in [2.75, 3.05) is 7.11 Å². The first-order valence-electron chi connectivity index (χ1n) is 4.22. The summed E-state index contributed by atoms with van der Waals surface area (Å²) in [5, 5.41) is 4.48. The Morgan fingerprint density at radius 1 is 1.31 bits per heavy atom. The van der Waals surface area contributed by atoms with Gasteiger partial charge in [0.2, 0.25) is 0 Å². The van der Waals surface area contributed by atoms with Gasteiger partial charge in [-0.15, -0.1) is 0 Å². The zero-order valence-electron chi connectivity index (χ0n) is 8.74. The van der Waals surface area contributed by atoms with Gasteiger partial charge < -0.3 is 4.52 Å². The molecule has 6 heteroatoms. The van der Waals surface area contributed by atoms with E-state index in [0.29, 0.717) is 0 Å². The summed E-state index contributed by atoms with van der Waals surface area (Å²) >= 11 is 5.58. The fraction of sp³-hybridized carbons (Fsp3) is 1.00. The molecular weight excluding hydrogens is 211 g/mol. The molecule has 0 rings (SSSR count). The lowest BCUT2D eigenvalue weighted by molar-refractivity contribution is 0.137. The summed E-state index contributed by atoms with van der Waals surface area (Å²) in [5.74, 6) is 0. The van der Waals surface area contributed by atoms with Crippen LogP contribution in [0.3, 0.4) is 0 Å². The quantitative estimate of drug-likeness (QED) is 0.580. The maximum Gasteiger partial charge on any atom is 0.373 e. The van der Waals surface area contributed by atoms with Crippen molar-refractivity contribution in [3.8, 4) is 0 Å². The monoisotopic (exact) mass is 228 g/mol. The van der Waals surface area contributed by atoms with Gasteiger partial charge in [0, 0.05) is 19.2 Å². The molecule has 80 valence electrons. The molecule has 0 aromatic carbocycles. The second kappa shape index (κ2) is 5.32. The number of hydrogen-bond donors (Lipinski definition) is 1. The minimum Gasteiger partial charge on any atom is -0.309 e. The predicted octanol–water partition coefficient (Wildman–Crippen LogP) is 2.60. The first-order valence-corrected chi connectivity index (χ1v) is 6.75. The maximum absolute atomic E-state index is 11.4. The van der Waals surface area contributed by atoms with Crippen LogP contribution in [-0.4, -0.2) is 24.2 Å². The molecule has 0 heterocycles. The topological polar surface area (TPSA) is 41.6 Å². The normalized spacial score (nSPS) is 17.0. The number of hydrogen-bond acceptors (Lipinski definition) is 3. The molecule has 0 aromatic heterocycles. The molecule has 0 bridgehead atoms. The average molecular weight is 229 g/mol. The van der Waals surface area contributed by atoms with Crippen LogP contribution in [0.15, 0.2) is 0 Å². The first-order chi connectivity index (χ1) is 5.80. The highest BCUT2D eigenvalue weighted by molar-refractivity contribution is 7.83. The lowest BCUT2D eigenvalue weighted by Crippen LogP contribution is -2.45. The van der Waals surface area contributed by atoms with Crippen molar-refractivity contribution < 1.29 is 9.09 Å². The number of hydrazine groups is 1. The van der Waals surface area contributed by atoms with Crippen LogP contribution in [0, 0.1) is 0 Å². The zero-order valence-corrected chi connectivity index (χ0v) is 10.4. The van der Waals surface area contributed by atoms with Gasteiger partial charge >= 0.3 is 6.87 Å². The molecule has 1 N–H and O–H groups in total. The third-order valence-electron chi connectivity index (χ3n) is 1.58. The summed E-state index contributed by atoms with van der Waals surface area (Å²) in [6.45, 7) is 4.75. The predicted molar refractivity (Wildman–Crippen MR) is 55.7 cm³/mol. The van der Waals surface area contributed by atoms with Gasteiger partial charge in [-0.05, 0) is 38.9 Å². The van der Waals surface area contributed by atoms with E-state index in [-0.39, 0.29) is 12.1 Å². The van der Waals surface area contributed by atoms with Crippen molar-refractivity contribution in [2.45, 2.75) is 39.8 Å². The molecule has 0 saturated carbocycles. The fourth-order valence-electron chi connectivity index (χ4n) is 1.01. The van der Waals surface area contributed by atoms with Crippen LogP contribution in [0.25, 0.3) is 0 Å². The Morgan fingerprint density at radius 2 is 1.69 bits per heavy atom. The number of nitrogens with one attached hydrogen (secondary N) is 1. The molecule has 0 spiro atoms. The molecule has 0 aliphatic carbocycles. The van der Waals surface area contributed by atoms with Gasteiger partial charge in [-0.2, -0.15) is 5.20 Å². The molecule has 0 amide bonds. The molecule has 0 fully saturated rings. The van der Waals surface area contributed by atoms with Crippen LogP contribution >= 0.6 is 18.1 Å². The van der Waals surface area contributed by atoms with Gasteiger partial charge in [0.05, 0.1) is 0 Å². The van der Waals surface area contributed by atoms with Gasteiger partial charge in [-0.25, -0.2) is 5.01 Å². The molecule has 1 unspecified atom stereocenters. The molecule has 1 atom stereocenters. The van der Waals surface area contributed by atoms with E-state index in [1.165, 1.54) is 7.11 Å². The Bertz CT molecular complexity index is 191. The van der Waals surface area contributed by atoms with Crippen LogP contribution in [0.1, 0.15) is 27.7 Å². The fourth-order valence-corrected chi connectivity index (χ4v) is 2.09. The van der Waals surface area contributed by atoms with Gasteiger partial charge in [0.15, 0.2) is 0 Å². The minimum absolute atomic E-state index is 0.210. The van der Waals surface area contributed by atoms with E-state index in [2.05, 4.69) is 9.72 Å². The summed E-state index contributed by atoms with van der Waals surface area (Å²) in [6.07, 6.45) is 0. The van der Waals surface area contributed by atoms with Gasteiger partial charge in [0.1, 0.15) is 0 Å². The number of rotatable bonds is 5. The van der Waals surface area contributed by atoms with Crippen LogP contribution in [-0.2, 0) is 9.09 Å². The van der Waals surface area contributed by atoms with Gasteiger partial charge in [0.25, 0.3) is 0 Å². The lowest BCUT2D eigenvalue weighted by Gasteiger charge is -2.31. The molecule has 0 aromatic rings. The van der Waals surface area contributed by atoms with Gasteiger partial charge in [-0.3, -0.25) is 4.57 Å². The molecule has 13 heavy (non-hydrogen) atoms. The van der Waals surface area contributed by atoms with E-state index in [4.69, 9.17) is 11.2 Å². The molecular formula is C7H18ClN2O2P. The van der Waals surface area contributed by atoms with E-state index in [0.717, 1.165) is 0 Å².